The van der Waals surface area contributed by atoms with Crippen LogP contribution in [0.1, 0.15) is 42.1 Å². The molecule has 16 heavy (non-hydrogen) atoms. The van der Waals surface area contributed by atoms with Gasteiger partial charge in [-0.3, -0.25) is 4.89 Å². The summed E-state index contributed by atoms with van der Waals surface area (Å²) in [6.07, 6.45) is 4.18. The quantitative estimate of drug-likeness (QED) is 0.377. The van der Waals surface area contributed by atoms with Crippen LogP contribution in [0.5, 0.6) is 0 Å². The predicted octanol–water partition coefficient (Wildman–Crippen LogP) is 2.40. The van der Waals surface area contributed by atoms with E-state index in [1.54, 1.807) is 12.1 Å². The number of unbranched alkanes of at least 4 members (excludes halogenated alkanes) is 2. The Kier molecular flexibility index (Phi) is 9.50. The van der Waals surface area contributed by atoms with Gasteiger partial charge in [0.15, 0.2) is 0 Å². The number of carbonyl (C=O) groups excluding carboxylic acids is 1. The van der Waals surface area contributed by atoms with Gasteiger partial charge in [0.2, 0.25) is 0 Å². The molecule has 1 N–H and O–H groups in total. The Morgan fingerprint density at radius 3 is 2.62 bits per heavy atom. The Balaban J connectivity index is 0.00000225. The van der Waals surface area contributed by atoms with Crippen molar-refractivity contribution in [1.29, 1.82) is 0 Å². The van der Waals surface area contributed by atoms with Gasteiger partial charge < -0.3 is 0 Å². The first-order valence-corrected chi connectivity index (χ1v) is 5.23. The maximum absolute atomic E-state index is 11.2. The van der Waals surface area contributed by atoms with Crippen LogP contribution in [0.3, 0.4) is 0 Å². The van der Waals surface area contributed by atoms with E-state index in [1.165, 1.54) is 0 Å². The van der Waals surface area contributed by atoms with Crippen molar-refractivity contribution in [3.8, 4) is 0 Å². The van der Waals surface area contributed by atoms with Gasteiger partial charge in [-0.05, 0) is 24.5 Å². The first-order valence-electron chi connectivity index (χ1n) is 5.23. The predicted molar refractivity (Wildman–Crippen MR) is 64.9 cm³/mol. The Bertz CT molecular complexity index is 326. The molecule has 0 fully saturated rings. The number of aryl methyl sites for hydroxylation is 1. The van der Waals surface area contributed by atoms with E-state index in [1.807, 2.05) is 12.1 Å². The average Bonchev–Trinajstić information content (AvgIpc) is 2.29. The zero-order valence-electron chi connectivity index (χ0n) is 8.90. The summed E-state index contributed by atoms with van der Waals surface area (Å²) < 4.78 is 0. The van der Waals surface area contributed by atoms with Gasteiger partial charge in [-0.1, -0.05) is 38.0 Å². The minimum atomic E-state index is -0.679. The molecule has 3 nitrogen and oxygen atoms in total. The molecule has 4 heteroatoms. The fourth-order valence-corrected chi connectivity index (χ4v) is 1.55. The number of carbonyl (C=O) groups is 1. The zero-order chi connectivity index (χ0) is 11.1. The molecule has 0 aliphatic heterocycles. The molecular weight excluding hydrogens is 231 g/mol. The van der Waals surface area contributed by atoms with Gasteiger partial charge in [-0.2, -0.15) is 5.26 Å². The molecule has 0 aliphatic carbocycles. The number of rotatable bonds is 5. The summed E-state index contributed by atoms with van der Waals surface area (Å²) in [4.78, 5) is 14.9. The maximum atomic E-state index is 11.2. The summed E-state index contributed by atoms with van der Waals surface area (Å²) in [5.41, 5.74) is 1.39. The molecular formula is C12H17KO3. The fraction of sp³-hybridized carbons (Fsp3) is 0.417. The molecule has 0 radical (unpaired) electrons. The van der Waals surface area contributed by atoms with Crippen molar-refractivity contribution < 1.29 is 14.9 Å². The van der Waals surface area contributed by atoms with Crippen LogP contribution in [-0.4, -0.2) is 62.6 Å². The van der Waals surface area contributed by atoms with Crippen molar-refractivity contribution in [1.82, 2.24) is 0 Å². The van der Waals surface area contributed by atoms with Crippen LogP contribution in [0.25, 0.3) is 0 Å². The van der Waals surface area contributed by atoms with Gasteiger partial charge in [-0.15, -0.1) is 0 Å². The monoisotopic (exact) mass is 248 g/mol. The molecule has 84 valence electrons. The van der Waals surface area contributed by atoms with Crippen molar-refractivity contribution in [2.75, 3.05) is 0 Å². The minimum absolute atomic E-state index is 0. The van der Waals surface area contributed by atoms with Gasteiger partial charge >= 0.3 is 57.4 Å². The molecule has 1 aromatic carbocycles. The summed E-state index contributed by atoms with van der Waals surface area (Å²) in [5.74, 6) is -0.679. The third-order valence-corrected chi connectivity index (χ3v) is 2.37. The van der Waals surface area contributed by atoms with Crippen LogP contribution in [0.15, 0.2) is 24.3 Å². The van der Waals surface area contributed by atoms with Gasteiger partial charge in [0.1, 0.15) is 0 Å². The third-order valence-electron chi connectivity index (χ3n) is 2.37. The van der Waals surface area contributed by atoms with Gasteiger partial charge in [0.05, 0.1) is 5.56 Å². The van der Waals surface area contributed by atoms with E-state index < -0.39 is 5.97 Å². The third kappa shape index (κ3) is 5.08. The molecule has 0 bridgehead atoms. The van der Waals surface area contributed by atoms with Crippen LogP contribution in [0.2, 0.25) is 0 Å². The number of benzene rings is 1. The number of hydrogen-bond acceptors (Lipinski definition) is 3. The van der Waals surface area contributed by atoms with Crippen molar-refractivity contribution in [3.05, 3.63) is 35.4 Å². The van der Waals surface area contributed by atoms with Gasteiger partial charge in [-0.25, -0.2) is 4.79 Å². The van der Waals surface area contributed by atoms with E-state index in [0.29, 0.717) is 5.56 Å². The van der Waals surface area contributed by atoms with Crippen LogP contribution < -0.4 is 0 Å². The molecule has 0 amide bonds. The Hall–Kier alpha value is 0.286. The molecule has 0 aromatic heterocycles. The van der Waals surface area contributed by atoms with Crippen molar-refractivity contribution in [3.63, 3.8) is 0 Å². The van der Waals surface area contributed by atoms with E-state index >= 15 is 0 Å². The first kappa shape index (κ1) is 16.3. The summed E-state index contributed by atoms with van der Waals surface area (Å²) >= 11 is 0. The molecule has 0 spiro atoms. The second-order valence-corrected chi connectivity index (χ2v) is 3.49. The van der Waals surface area contributed by atoms with Crippen LogP contribution in [0, 0.1) is 0 Å². The second kappa shape index (κ2) is 9.33. The molecule has 0 heterocycles. The SMILES string of the molecule is CCCCCc1ccccc1C(=O)OO.[KH]. The van der Waals surface area contributed by atoms with Gasteiger partial charge in [0, 0.05) is 0 Å². The summed E-state index contributed by atoms with van der Waals surface area (Å²) in [6.45, 7) is 2.13. The van der Waals surface area contributed by atoms with Crippen LogP contribution in [-0.2, 0) is 11.3 Å². The molecule has 0 unspecified atom stereocenters. The zero-order valence-corrected chi connectivity index (χ0v) is 8.90. The van der Waals surface area contributed by atoms with E-state index in [2.05, 4.69) is 11.8 Å². The standard InChI is InChI=1S/C12H16O3.K.H/c1-2-3-4-7-10-8-5-6-9-11(10)12(13)15-14;;/h5-6,8-9,14H,2-4,7H2,1H3;;. The molecule has 0 saturated heterocycles. The van der Waals surface area contributed by atoms with Crippen LogP contribution in [0.4, 0.5) is 0 Å². The first-order chi connectivity index (χ1) is 7.29. The average molecular weight is 248 g/mol. The van der Waals surface area contributed by atoms with Crippen LogP contribution >= 0.6 is 0 Å². The second-order valence-electron chi connectivity index (χ2n) is 3.49. The fourth-order valence-electron chi connectivity index (χ4n) is 1.55. The topological polar surface area (TPSA) is 46.5 Å². The summed E-state index contributed by atoms with van der Waals surface area (Å²) in [5, 5.41) is 8.33. The Morgan fingerprint density at radius 2 is 2.00 bits per heavy atom. The van der Waals surface area contributed by atoms with Crippen molar-refractivity contribution in [2.45, 2.75) is 32.6 Å². The van der Waals surface area contributed by atoms with Crippen molar-refractivity contribution >= 4 is 57.4 Å². The molecule has 0 aliphatic rings. The Morgan fingerprint density at radius 1 is 1.31 bits per heavy atom. The van der Waals surface area contributed by atoms with E-state index in [4.69, 9.17) is 5.26 Å². The number of hydrogen-bond donors (Lipinski definition) is 1. The molecule has 0 saturated carbocycles. The normalized spacial score (nSPS) is 9.38. The van der Waals surface area contributed by atoms with Gasteiger partial charge in [0.25, 0.3) is 0 Å². The molecule has 1 rings (SSSR count). The van der Waals surface area contributed by atoms with E-state index in [0.717, 1.165) is 31.2 Å². The summed E-state index contributed by atoms with van der Waals surface area (Å²) in [7, 11) is 0. The van der Waals surface area contributed by atoms with E-state index in [9.17, 15) is 4.79 Å². The van der Waals surface area contributed by atoms with Crippen molar-refractivity contribution in [2.24, 2.45) is 0 Å². The molecule has 1 aromatic rings. The Labute approximate surface area is 139 Å². The molecule has 0 atom stereocenters. The van der Waals surface area contributed by atoms with E-state index in [-0.39, 0.29) is 51.4 Å². The summed E-state index contributed by atoms with van der Waals surface area (Å²) in [6, 6.07) is 7.20.